The summed E-state index contributed by atoms with van der Waals surface area (Å²) >= 11 is 0. The lowest BCUT2D eigenvalue weighted by Gasteiger charge is -2.08. The standard InChI is InChI=1S/C15H24N2O2/c1-12-9-13(2)11-14(10-12)17-15(18)5-7-16-6-4-8-19-3/h9-11,16H,4-8H2,1-3H3,(H,17,18). The smallest absolute Gasteiger partial charge is 0.225 e. The number of ether oxygens (including phenoxy) is 1. The van der Waals surface area contributed by atoms with Crippen molar-refractivity contribution in [3.63, 3.8) is 0 Å². The van der Waals surface area contributed by atoms with Gasteiger partial charge >= 0.3 is 0 Å². The zero-order valence-electron chi connectivity index (χ0n) is 12.1. The van der Waals surface area contributed by atoms with Crippen molar-refractivity contribution in [2.24, 2.45) is 0 Å². The fourth-order valence-corrected chi connectivity index (χ4v) is 1.94. The SMILES string of the molecule is COCCCNCCC(=O)Nc1cc(C)cc(C)c1. The van der Waals surface area contributed by atoms with Gasteiger partial charge in [-0.2, -0.15) is 0 Å². The van der Waals surface area contributed by atoms with Gasteiger partial charge in [0.2, 0.25) is 5.91 Å². The molecule has 1 aromatic rings. The molecule has 0 aromatic heterocycles. The van der Waals surface area contributed by atoms with Crippen LogP contribution in [0.15, 0.2) is 18.2 Å². The van der Waals surface area contributed by atoms with Gasteiger partial charge in [0.15, 0.2) is 0 Å². The fraction of sp³-hybridized carbons (Fsp3) is 0.533. The molecule has 0 heterocycles. The summed E-state index contributed by atoms with van der Waals surface area (Å²) in [7, 11) is 1.69. The van der Waals surface area contributed by atoms with Crippen molar-refractivity contribution in [1.82, 2.24) is 5.32 Å². The predicted octanol–water partition coefficient (Wildman–Crippen LogP) is 2.26. The number of methoxy groups -OCH3 is 1. The van der Waals surface area contributed by atoms with Crippen LogP contribution in [0.25, 0.3) is 0 Å². The van der Waals surface area contributed by atoms with Gasteiger partial charge in [0.05, 0.1) is 0 Å². The van der Waals surface area contributed by atoms with Gasteiger partial charge in [-0.05, 0) is 50.1 Å². The minimum absolute atomic E-state index is 0.0456. The van der Waals surface area contributed by atoms with E-state index in [9.17, 15) is 4.79 Å². The van der Waals surface area contributed by atoms with Crippen LogP contribution in [0.3, 0.4) is 0 Å². The average Bonchev–Trinajstić information content (AvgIpc) is 2.32. The second-order valence-electron chi connectivity index (χ2n) is 4.77. The number of benzene rings is 1. The van der Waals surface area contributed by atoms with E-state index in [1.54, 1.807) is 7.11 Å². The molecule has 1 rings (SSSR count). The summed E-state index contributed by atoms with van der Waals surface area (Å²) < 4.78 is 4.95. The van der Waals surface area contributed by atoms with Gasteiger partial charge < -0.3 is 15.4 Å². The summed E-state index contributed by atoms with van der Waals surface area (Å²) in [5, 5.41) is 6.14. The molecule has 0 saturated heterocycles. The minimum Gasteiger partial charge on any atom is -0.385 e. The molecule has 106 valence electrons. The van der Waals surface area contributed by atoms with E-state index in [0.29, 0.717) is 13.0 Å². The molecule has 0 fully saturated rings. The second-order valence-corrected chi connectivity index (χ2v) is 4.77. The third-order valence-electron chi connectivity index (χ3n) is 2.74. The van der Waals surface area contributed by atoms with Crippen LogP contribution in [0.5, 0.6) is 0 Å². The molecule has 1 aromatic carbocycles. The van der Waals surface area contributed by atoms with Gasteiger partial charge in [0.1, 0.15) is 0 Å². The molecule has 0 bridgehead atoms. The molecule has 0 unspecified atom stereocenters. The molecule has 4 nitrogen and oxygen atoms in total. The Morgan fingerprint density at radius 2 is 1.84 bits per heavy atom. The molecule has 0 aliphatic carbocycles. The first-order valence-corrected chi connectivity index (χ1v) is 6.69. The third kappa shape index (κ3) is 6.94. The highest BCUT2D eigenvalue weighted by molar-refractivity contribution is 5.91. The van der Waals surface area contributed by atoms with E-state index < -0.39 is 0 Å². The Balaban J connectivity index is 2.23. The van der Waals surface area contributed by atoms with E-state index in [4.69, 9.17) is 4.74 Å². The molecule has 4 heteroatoms. The van der Waals surface area contributed by atoms with E-state index in [1.165, 1.54) is 0 Å². The number of carbonyl (C=O) groups excluding carboxylic acids is 1. The van der Waals surface area contributed by atoms with Crippen LogP contribution < -0.4 is 10.6 Å². The highest BCUT2D eigenvalue weighted by Crippen LogP contribution is 2.13. The van der Waals surface area contributed by atoms with Crippen LogP contribution in [0.4, 0.5) is 5.69 Å². The molecule has 0 radical (unpaired) electrons. The summed E-state index contributed by atoms with van der Waals surface area (Å²) in [6.07, 6.45) is 1.45. The van der Waals surface area contributed by atoms with Crippen LogP contribution in [-0.2, 0) is 9.53 Å². The summed E-state index contributed by atoms with van der Waals surface area (Å²) in [5.41, 5.74) is 3.20. The lowest BCUT2D eigenvalue weighted by atomic mass is 10.1. The van der Waals surface area contributed by atoms with Crippen LogP contribution in [0.1, 0.15) is 24.0 Å². The zero-order chi connectivity index (χ0) is 14.1. The maximum atomic E-state index is 11.7. The lowest BCUT2D eigenvalue weighted by Crippen LogP contribution is -2.23. The normalized spacial score (nSPS) is 10.5. The first-order valence-electron chi connectivity index (χ1n) is 6.69. The van der Waals surface area contributed by atoms with Gasteiger partial charge in [-0.3, -0.25) is 4.79 Å². The van der Waals surface area contributed by atoms with Gasteiger partial charge in [-0.1, -0.05) is 6.07 Å². The Bertz CT molecular complexity index is 385. The van der Waals surface area contributed by atoms with Crippen LogP contribution in [0.2, 0.25) is 0 Å². The van der Waals surface area contributed by atoms with E-state index >= 15 is 0 Å². The summed E-state index contributed by atoms with van der Waals surface area (Å²) in [5.74, 6) is 0.0456. The maximum Gasteiger partial charge on any atom is 0.225 e. The molecule has 0 aliphatic heterocycles. The number of anilines is 1. The minimum atomic E-state index is 0.0456. The van der Waals surface area contributed by atoms with Gasteiger partial charge in [0, 0.05) is 32.4 Å². The molecule has 2 N–H and O–H groups in total. The monoisotopic (exact) mass is 264 g/mol. The Labute approximate surface area is 115 Å². The highest BCUT2D eigenvalue weighted by Gasteiger charge is 2.02. The quantitative estimate of drug-likeness (QED) is 0.708. The van der Waals surface area contributed by atoms with Crippen molar-refractivity contribution < 1.29 is 9.53 Å². The Hall–Kier alpha value is -1.39. The third-order valence-corrected chi connectivity index (χ3v) is 2.74. The number of carbonyl (C=O) groups is 1. The number of aryl methyl sites for hydroxylation is 2. The van der Waals surface area contributed by atoms with Gasteiger partial charge in [-0.15, -0.1) is 0 Å². The first kappa shape index (κ1) is 15.7. The number of rotatable bonds is 8. The van der Waals surface area contributed by atoms with Crippen LogP contribution in [-0.4, -0.2) is 32.7 Å². The molecule has 0 atom stereocenters. The van der Waals surface area contributed by atoms with E-state index in [0.717, 1.165) is 36.4 Å². The summed E-state index contributed by atoms with van der Waals surface area (Å²) in [6.45, 7) is 6.38. The Morgan fingerprint density at radius 3 is 2.47 bits per heavy atom. The van der Waals surface area contributed by atoms with E-state index in [-0.39, 0.29) is 5.91 Å². The second kappa shape index (κ2) is 8.67. The fourth-order valence-electron chi connectivity index (χ4n) is 1.94. The number of hydrogen-bond acceptors (Lipinski definition) is 3. The molecular weight excluding hydrogens is 240 g/mol. The molecule has 0 aliphatic rings. The highest BCUT2D eigenvalue weighted by atomic mass is 16.5. The van der Waals surface area contributed by atoms with Crippen molar-refractivity contribution in [3.8, 4) is 0 Å². The van der Waals surface area contributed by atoms with Crippen LogP contribution >= 0.6 is 0 Å². The largest absolute Gasteiger partial charge is 0.385 e. The van der Waals surface area contributed by atoms with Crippen molar-refractivity contribution in [1.29, 1.82) is 0 Å². The lowest BCUT2D eigenvalue weighted by molar-refractivity contribution is -0.116. The van der Waals surface area contributed by atoms with Crippen LogP contribution in [0, 0.1) is 13.8 Å². The molecule has 0 saturated carbocycles. The number of hydrogen-bond donors (Lipinski definition) is 2. The molecule has 1 amide bonds. The predicted molar refractivity (Wildman–Crippen MR) is 78.5 cm³/mol. The van der Waals surface area contributed by atoms with Crippen molar-refractivity contribution in [2.45, 2.75) is 26.7 Å². The number of amides is 1. The number of nitrogens with one attached hydrogen (secondary N) is 2. The Morgan fingerprint density at radius 1 is 1.16 bits per heavy atom. The van der Waals surface area contributed by atoms with Crippen molar-refractivity contribution >= 4 is 11.6 Å². The van der Waals surface area contributed by atoms with E-state index in [2.05, 4.69) is 16.7 Å². The molecular formula is C15H24N2O2. The first-order chi connectivity index (χ1) is 9.11. The van der Waals surface area contributed by atoms with Gasteiger partial charge in [-0.25, -0.2) is 0 Å². The summed E-state index contributed by atoms with van der Waals surface area (Å²) in [4.78, 5) is 11.7. The maximum absolute atomic E-state index is 11.7. The van der Waals surface area contributed by atoms with Crippen molar-refractivity contribution in [3.05, 3.63) is 29.3 Å². The van der Waals surface area contributed by atoms with E-state index in [1.807, 2.05) is 26.0 Å². The topological polar surface area (TPSA) is 50.4 Å². The summed E-state index contributed by atoms with van der Waals surface area (Å²) in [6, 6.07) is 6.06. The van der Waals surface area contributed by atoms with Gasteiger partial charge in [0.25, 0.3) is 0 Å². The average molecular weight is 264 g/mol. The molecule has 0 spiro atoms. The zero-order valence-corrected chi connectivity index (χ0v) is 12.1. The Kier molecular flexibility index (Phi) is 7.15. The molecule has 19 heavy (non-hydrogen) atoms. The van der Waals surface area contributed by atoms with Crippen molar-refractivity contribution in [2.75, 3.05) is 32.1 Å².